The Morgan fingerprint density at radius 1 is 1.14 bits per heavy atom. The quantitative estimate of drug-likeness (QED) is 0.118. The van der Waals surface area contributed by atoms with Crippen LogP contribution in [-0.2, 0) is 20.9 Å². The molecule has 0 atom stereocenters. The van der Waals surface area contributed by atoms with Crippen LogP contribution in [0.3, 0.4) is 0 Å². The van der Waals surface area contributed by atoms with Gasteiger partial charge >= 0.3 is 5.97 Å². The Hall–Kier alpha value is -2.36. The Bertz CT molecular complexity index is 1130. The number of thioether (sulfide) groups is 1. The number of carbonyl (C=O) groups is 2. The van der Waals surface area contributed by atoms with Gasteiger partial charge in [0.25, 0.3) is 5.91 Å². The molecule has 0 N–H and O–H groups in total. The van der Waals surface area contributed by atoms with Gasteiger partial charge in [0.2, 0.25) is 0 Å². The van der Waals surface area contributed by atoms with Crippen LogP contribution in [-0.4, -0.2) is 41.4 Å². The standard InChI is InChI=1S/C27H30BrNO5S2/c1-4-33-22-15-20(14-21(28)25(22)34-17-19-11-9-18(2)10-12-19)16-23-26(31)29(27(35)36-23)13-7-5-6-8-24(30)32-3/h9-12,14-16H,4-8,13,17H2,1-3H3/b23-16-. The number of carbonyl (C=O) groups excluding carboxylic acids is 2. The molecule has 0 aromatic heterocycles. The molecular formula is C27H30BrNO5S2. The van der Waals surface area contributed by atoms with E-state index < -0.39 is 0 Å². The van der Waals surface area contributed by atoms with Crippen LogP contribution >= 0.6 is 39.9 Å². The summed E-state index contributed by atoms with van der Waals surface area (Å²) < 4.78 is 17.9. The van der Waals surface area contributed by atoms with E-state index in [4.69, 9.17) is 21.7 Å². The summed E-state index contributed by atoms with van der Waals surface area (Å²) >= 11 is 10.4. The summed E-state index contributed by atoms with van der Waals surface area (Å²) in [5, 5.41) is 0. The van der Waals surface area contributed by atoms with Gasteiger partial charge in [-0.15, -0.1) is 0 Å². The van der Waals surface area contributed by atoms with Crippen LogP contribution in [0.25, 0.3) is 6.08 Å². The molecule has 0 bridgehead atoms. The van der Waals surface area contributed by atoms with Crippen LogP contribution in [0.2, 0.25) is 0 Å². The van der Waals surface area contributed by atoms with Crippen LogP contribution in [0.1, 0.15) is 49.3 Å². The number of ether oxygens (including phenoxy) is 3. The van der Waals surface area contributed by atoms with Crippen LogP contribution in [0.5, 0.6) is 11.5 Å². The van der Waals surface area contributed by atoms with Gasteiger partial charge in [-0.05, 0) is 72.0 Å². The van der Waals surface area contributed by atoms with Crippen molar-refractivity contribution in [2.24, 2.45) is 0 Å². The van der Waals surface area contributed by atoms with E-state index in [9.17, 15) is 9.59 Å². The number of thiocarbonyl (C=S) groups is 1. The molecule has 1 heterocycles. The van der Waals surface area contributed by atoms with Gasteiger partial charge in [0, 0.05) is 13.0 Å². The number of unbranched alkanes of at least 4 members (excludes halogenated alkanes) is 2. The van der Waals surface area contributed by atoms with Crippen molar-refractivity contribution < 1.29 is 23.8 Å². The number of halogens is 1. The second-order valence-corrected chi connectivity index (χ2v) is 10.8. The lowest BCUT2D eigenvalue weighted by Crippen LogP contribution is -2.29. The monoisotopic (exact) mass is 591 g/mol. The number of aryl methyl sites for hydroxylation is 1. The molecule has 1 aliphatic rings. The first-order chi connectivity index (χ1) is 17.3. The van der Waals surface area contributed by atoms with E-state index in [1.54, 1.807) is 4.90 Å². The highest BCUT2D eigenvalue weighted by atomic mass is 79.9. The van der Waals surface area contributed by atoms with Crippen LogP contribution < -0.4 is 9.47 Å². The highest BCUT2D eigenvalue weighted by Crippen LogP contribution is 2.40. The second-order valence-electron chi connectivity index (χ2n) is 8.26. The maximum Gasteiger partial charge on any atom is 0.305 e. The minimum Gasteiger partial charge on any atom is -0.490 e. The molecule has 0 radical (unpaired) electrons. The first kappa shape index (κ1) is 28.2. The molecule has 2 aromatic rings. The summed E-state index contributed by atoms with van der Waals surface area (Å²) in [7, 11) is 1.39. The van der Waals surface area contributed by atoms with Crippen LogP contribution in [0.15, 0.2) is 45.8 Å². The molecule has 1 amide bonds. The van der Waals surface area contributed by atoms with Crippen molar-refractivity contribution in [2.45, 2.75) is 46.1 Å². The Kier molecular flexibility index (Phi) is 10.8. The van der Waals surface area contributed by atoms with Gasteiger partial charge in [-0.25, -0.2) is 0 Å². The molecule has 9 heteroatoms. The van der Waals surface area contributed by atoms with E-state index in [0.717, 1.165) is 34.9 Å². The lowest BCUT2D eigenvalue weighted by atomic mass is 10.1. The smallest absolute Gasteiger partial charge is 0.305 e. The van der Waals surface area contributed by atoms with E-state index in [1.807, 2.05) is 37.3 Å². The number of benzene rings is 2. The maximum atomic E-state index is 13.0. The fourth-order valence-electron chi connectivity index (χ4n) is 3.58. The maximum absolute atomic E-state index is 13.0. The molecule has 0 aliphatic carbocycles. The number of hydrogen-bond donors (Lipinski definition) is 0. The van der Waals surface area contributed by atoms with Gasteiger partial charge in [0.1, 0.15) is 10.9 Å². The van der Waals surface area contributed by atoms with Gasteiger partial charge in [-0.1, -0.05) is 60.2 Å². The van der Waals surface area contributed by atoms with Gasteiger partial charge in [0.15, 0.2) is 11.5 Å². The molecule has 3 rings (SSSR count). The predicted octanol–water partition coefficient (Wildman–Crippen LogP) is 6.67. The summed E-state index contributed by atoms with van der Waals surface area (Å²) in [5.74, 6) is 0.903. The molecule has 1 aliphatic heterocycles. The molecule has 192 valence electrons. The van der Waals surface area contributed by atoms with Gasteiger partial charge in [-0.3, -0.25) is 14.5 Å². The zero-order valence-electron chi connectivity index (χ0n) is 20.7. The molecule has 0 unspecified atom stereocenters. The van der Waals surface area contributed by atoms with Crippen molar-refractivity contribution in [1.82, 2.24) is 4.90 Å². The number of esters is 1. The molecule has 1 fully saturated rings. The minimum absolute atomic E-state index is 0.105. The number of methoxy groups -OCH3 is 1. The summed E-state index contributed by atoms with van der Waals surface area (Å²) in [6.45, 7) is 5.39. The third kappa shape index (κ3) is 7.82. The molecule has 0 spiro atoms. The number of rotatable bonds is 12. The van der Waals surface area contributed by atoms with E-state index in [-0.39, 0.29) is 11.9 Å². The third-order valence-corrected chi connectivity index (χ3v) is 7.46. The highest BCUT2D eigenvalue weighted by Gasteiger charge is 2.31. The molecule has 36 heavy (non-hydrogen) atoms. The van der Waals surface area contributed by atoms with E-state index >= 15 is 0 Å². The predicted molar refractivity (Wildman–Crippen MR) is 151 cm³/mol. The van der Waals surface area contributed by atoms with Gasteiger partial charge in [0.05, 0.1) is 23.1 Å². The lowest BCUT2D eigenvalue weighted by molar-refractivity contribution is -0.140. The SMILES string of the molecule is CCOc1cc(/C=C2\SC(=S)N(CCCCCC(=O)OC)C2=O)cc(Br)c1OCc1ccc(C)cc1. The topological polar surface area (TPSA) is 65.1 Å². The summed E-state index contributed by atoms with van der Waals surface area (Å²) in [5.41, 5.74) is 3.07. The highest BCUT2D eigenvalue weighted by molar-refractivity contribution is 9.10. The van der Waals surface area contributed by atoms with Crippen molar-refractivity contribution in [1.29, 1.82) is 0 Å². The summed E-state index contributed by atoms with van der Waals surface area (Å²) in [6.07, 6.45) is 4.53. The molecule has 6 nitrogen and oxygen atoms in total. The van der Waals surface area contributed by atoms with Crippen molar-refractivity contribution in [2.75, 3.05) is 20.3 Å². The molecule has 0 saturated carbocycles. The Balaban J connectivity index is 1.68. The number of nitrogens with zero attached hydrogens (tertiary/aromatic N) is 1. The van der Waals surface area contributed by atoms with Crippen molar-refractivity contribution in [3.63, 3.8) is 0 Å². The third-order valence-electron chi connectivity index (χ3n) is 5.50. The zero-order chi connectivity index (χ0) is 26.1. The Labute approximate surface area is 230 Å². The lowest BCUT2D eigenvalue weighted by Gasteiger charge is -2.15. The average molecular weight is 593 g/mol. The molecule has 1 saturated heterocycles. The summed E-state index contributed by atoms with van der Waals surface area (Å²) in [6, 6.07) is 12.0. The van der Waals surface area contributed by atoms with Gasteiger partial charge < -0.3 is 14.2 Å². The number of hydrogen-bond acceptors (Lipinski definition) is 7. The first-order valence-corrected chi connectivity index (χ1v) is 13.8. The second kappa shape index (κ2) is 13.8. The zero-order valence-corrected chi connectivity index (χ0v) is 23.9. The minimum atomic E-state index is -0.215. The van der Waals surface area contributed by atoms with Crippen molar-refractivity contribution in [3.05, 3.63) is 62.5 Å². The van der Waals surface area contributed by atoms with Crippen molar-refractivity contribution in [3.8, 4) is 11.5 Å². The Morgan fingerprint density at radius 2 is 1.89 bits per heavy atom. The largest absolute Gasteiger partial charge is 0.490 e. The average Bonchev–Trinajstić information content (AvgIpc) is 3.11. The first-order valence-electron chi connectivity index (χ1n) is 11.8. The van der Waals surface area contributed by atoms with Crippen LogP contribution in [0.4, 0.5) is 0 Å². The fraction of sp³-hybridized carbons (Fsp3) is 0.370. The van der Waals surface area contributed by atoms with E-state index in [1.165, 1.54) is 24.4 Å². The van der Waals surface area contributed by atoms with E-state index in [0.29, 0.717) is 46.9 Å². The normalized spacial score (nSPS) is 14.4. The Morgan fingerprint density at radius 3 is 2.58 bits per heavy atom. The fourth-order valence-corrected chi connectivity index (χ4v) is 5.46. The molecular weight excluding hydrogens is 562 g/mol. The summed E-state index contributed by atoms with van der Waals surface area (Å²) in [4.78, 5) is 26.4. The van der Waals surface area contributed by atoms with Crippen LogP contribution in [0, 0.1) is 6.92 Å². The number of amides is 1. The van der Waals surface area contributed by atoms with Gasteiger partial charge in [-0.2, -0.15) is 0 Å². The molecule has 2 aromatic carbocycles. The van der Waals surface area contributed by atoms with E-state index in [2.05, 4.69) is 39.7 Å². The van der Waals surface area contributed by atoms with Crippen molar-refractivity contribution >= 4 is 62.2 Å².